The molecule has 0 unspecified atom stereocenters. The largest absolute Gasteiger partial charge is 0.313 e. The average Bonchev–Trinajstić information content (AvgIpc) is 2.28. The van der Waals surface area contributed by atoms with Gasteiger partial charge in [0.15, 0.2) is 0 Å². The van der Waals surface area contributed by atoms with E-state index in [0.29, 0.717) is 5.41 Å². The molecule has 1 saturated carbocycles. The van der Waals surface area contributed by atoms with Crippen LogP contribution in [-0.2, 0) is 0 Å². The van der Waals surface area contributed by atoms with E-state index in [2.05, 4.69) is 26.1 Å². The summed E-state index contributed by atoms with van der Waals surface area (Å²) in [7, 11) is 0. The summed E-state index contributed by atoms with van der Waals surface area (Å²) in [6.07, 6.45) is 12.7. The van der Waals surface area contributed by atoms with Crippen molar-refractivity contribution >= 4 is 0 Å². The Bertz CT molecular complexity index is 168. The first-order chi connectivity index (χ1) is 7.64. The van der Waals surface area contributed by atoms with Gasteiger partial charge < -0.3 is 5.32 Å². The SMILES string of the molecule is CCCCCC(C)(C)CNC1CCCCC1. The van der Waals surface area contributed by atoms with E-state index in [0.717, 1.165) is 6.04 Å². The molecule has 0 aromatic carbocycles. The van der Waals surface area contributed by atoms with Crippen LogP contribution < -0.4 is 5.32 Å². The third-order valence-electron chi connectivity index (χ3n) is 3.93. The first-order valence-corrected chi connectivity index (χ1v) is 7.37. The minimum Gasteiger partial charge on any atom is -0.313 e. The molecular formula is C15H31N. The summed E-state index contributed by atoms with van der Waals surface area (Å²) >= 11 is 0. The predicted molar refractivity (Wildman–Crippen MR) is 72.8 cm³/mol. The van der Waals surface area contributed by atoms with Crippen LogP contribution in [0.2, 0.25) is 0 Å². The molecule has 1 rings (SSSR count). The van der Waals surface area contributed by atoms with Crippen LogP contribution in [0.5, 0.6) is 0 Å². The second kappa shape index (κ2) is 7.32. The molecule has 1 nitrogen and oxygen atoms in total. The molecule has 0 aromatic rings. The molecule has 0 radical (unpaired) electrons. The highest BCUT2D eigenvalue weighted by molar-refractivity contribution is 4.77. The summed E-state index contributed by atoms with van der Waals surface area (Å²) in [5, 5.41) is 3.79. The molecule has 1 aliphatic carbocycles. The van der Waals surface area contributed by atoms with Crippen molar-refractivity contribution in [2.45, 2.75) is 84.6 Å². The van der Waals surface area contributed by atoms with Gasteiger partial charge in [0.2, 0.25) is 0 Å². The smallest absolute Gasteiger partial charge is 0.00672 e. The number of hydrogen-bond acceptors (Lipinski definition) is 1. The maximum Gasteiger partial charge on any atom is 0.00672 e. The van der Waals surface area contributed by atoms with E-state index in [4.69, 9.17) is 0 Å². The first kappa shape index (κ1) is 14.0. The third kappa shape index (κ3) is 5.89. The molecule has 16 heavy (non-hydrogen) atoms. The minimum absolute atomic E-state index is 0.493. The van der Waals surface area contributed by atoms with Gasteiger partial charge in [-0.3, -0.25) is 0 Å². The number of unbranched alkanes of at least 4 members (excludes halogenated alkanes) is 2. The summed E-state index contributed by atoms with van der Waals surface area (Å²) in [6, 6.07) is 0.819. The molecule has 0 amide bonds. The van der Waals surface area contributed by atoms with Crippen molar-refractivity contribution in [1.82, 2.24) is 5.32 Å². The van der Waals surface area contributed by atoms with Crippen LogP contribution in [0.25, 0.3) is 0 Å². The summed E-state index contributed by atoms with van der Waals surface area (Å²) in [5.74, 6) is 0. The quantitative estimate of drug-likeness (QED) is 0.628. The molecule has 0 heterocycles. The van der Waals surface area contributed by atoms with Crippen molar-refractivity contribution in [1.29, 1.82) is 0 Å². The Morgan fingerprint density at radius 1 is 1.06 bits per heavy atom. The molecule has 1 N–H and O–H groups in total. The lowest BCUT2D eigenvalue weighted by Gasteiger charge is -2.30. The second-order valence-electron chi connectivity index (χ2n) is 6.34. The minimum atomic E-state index is 0.493. The fourth-order valence-corrected chi connectivity index (χ4v) is 2.67. The van der Waals surface area contributed by atoms with Crippen molar-refractivity contribution in [3.63, 3.8) is 0 Å². The second-order valence-corrected chi connectivity index (χ2v) is 6.34. The maximum atomic E-state index is 3.79. The van der Waals surface area contributed by atoms with Crippen LogP contribution in [0.3, 0.4) is 0 Å². The topological polar surface area (TPSA) is 12.0 Å². The summed E-state index contributed by atoms with van der Waals surface area (Å²) in [6.45, 7) is 8.33. The van der Waals surface area contributed by atoms with E-state index in [1.54, 1.807) is 0 Å². The number of nitrogens with one attached hydrogen (secondary N) is 1. The molecule has 0 spiro atoms. The Hall–Kier alpha value is -0.0400. The molecular weight excluding hydrogens is 194 g/mol. The van der Waals surface area contributed by atoms with E-state index in [1.807, 2.05) is 0 Å². The zero-order chi connectivity index (χ0) is 11.9. The van der Waals surface area contributed by atoms with Gasteiger partial charge >= 0.3 is 0 Å². The van der Waals surface area contributed by atoms with Gasteiger partial charge in [-0.1, -0.05) is 59.3 Å². The van der Waals surface area contributed by atoms with Crippen molar-refractivity contribution in [2.24, 2.45) is 5.41 Å². The standard InChI is InChI=1S/C15H31N/c1-4-5-9-12-15(2,3)13-16-14-10-7-6-8-11-14/h14,16H,4-13H2,1-3H3. The van der Waals surface area contributed by atoms with Crippen LogP contribution in [-0.4, -0.2) is 12.6 Å². The Morgan fingerprint density at radius 2 is 1.75 bits per heavy atom. The summed E-state index contributed by atoms with van der Waals surface area (Å²) in [4.78, 5) is 0. The van der Waals surface area contributed by atoms with E-state index in [1.165, 1.54) is 64.3 Å². The molecule has 1 heteroatoms. The Labute approximate surface area is 102 Å². The van der Waals surface area contributed by atoms with Crippen LogP contribution in [0, 0.1) is 5.41 Å². The number of hydrogen-bond donors (Lipinski definition) is 1. The lowest BCUT2D eigenvalue weighted by Crippen LogP contribution is -2.38. The van der Waals surface area contributed by atoms with Crippen molar-refractivity contribution < 1.29 is 0 Å². The van der Waals surface area contributed by atoms with Crippen LogP contribution in [0.1, 0.15) is 78.6 Å². The van der Waals surface area contributed by atoms with Crippen molar-refractivity contribution in [3.05, 3.63) is 0 Å². The molecule has 96 valence electrons. The monoisotopic (exact) mass is 225 g/mol. The predicted octanol–water partition coefficient (Wildman–Crippen LogP) is 4.52. The van der Waals surface area contributed by atoms with Gasteiger partial charge in [-0.15, -0.1) is 0 Å². The van der Waals surface area contributed by atoms with Gasteiger partial charge in [-0.2, -0.15) is 0 Å². The normalized spacial score (nSPS) is 18.9. The summed E-state index contributed by atoms with van der Waals surface area (Å²) < 4.78 is 0. The van der Waals surface area contributed by atoms with Gasteiger partial charge in [-0.25, -0.2) is 0 Å². The Kier molecular flexibility index (Phi) is 6.41. The zero-order valence-electron chi connectivity index (χ0n) is 11.6. The molecule has 0 atom stereocenters. The van der Waals surface area contributed by atoms with Crippen LogP contribution in [0.15, 0.2) is 0 Å². The highest BCUT2D eigenvalue weighted by Crippen LogP contribution is 2.24. The first-order valence-electron chi connectivity index (χ1n) is 7.37. The summed E-state index contributed by atoms with van der Waals surface area (Å²) in [5.41, 5.74) is 0.493. The highest BCUT2D eigenvalue weighted by atomic mass is 14.9. The Morgan fingerprint density at radius 3 is 2.38 bits per heavy atom. The fraction of sp³-hybridized carbons (Fsp3) is 1.00. The van der Waals surface area contributed by atoms with Gasteiger partial charge in [0.1, 0.15) is 0 Å². The van der Waals surface area contributed by atoms with E-state index in [-0.39, 0.29) is 0 Å². The highest BCUT2D eigenvalue weighted by Gasteiger charge is 2.20. The molecule has 1 aliphatic rings. The lowest BCUT2D eigenvalue weighted by atomic mass is 9.86. The zero-order valence-corrected chi connectivity index (χ0v) is 11.6. The van der Waals surface area contributed by atoms with Gasteiger partial charge in [0.05, 0.1) is 0 Å². The molecule has 0 saturated heterocycles. The third-order valence-corrected chi connectivity index (χ3v) is 3.93. The molecule has 0 aromatic heterocycles. The van der Waals surface area contributed by atoms with Crippen molar-refractivity contribution in [3.8, 4) is 0 Å². The molecule has 1 fully saturated rings. The Balaban J connectivity index is 2.13. The van der Waals surface area contributed by atoms with E-state index < -0.39 is 0 Å². The van der Waals surface area contributed by atoms with E-state index >= 15 is 0 Å². The lowest BCUT2D eigenvalue weighted by molar-refractivity contribution is 0.266. The van der Waals surface area contributed by atoms with Crippen molar-refractivity contribution in [2.75, 3.05) is 6.54 Å². The van der Waals surface area contributed by atoms with Gasteiger partial charge in [0, 0.05) is 12.6 Å². The fourth-order valence-electron chi connectivity index (χ4n) is 2.67. The molecule has 0 aliphatic heterocycles. The average molecular weight is 225 g/mol. The van der Waals surface area contributed by atoms with Gasteiger partial charge in [0.25, 0.3) is 0 Å². The van der Waals surface area contributed by atoms with Crippen LogP contribution >= 0.6 is 0 Å². The maximum absolute atomic E-state index is 3.79. The van der Waals surface area contributed by atoms with Crippen LogP contribution in [0.4, 0.5) is 0 Å². The van der Waals surface area contributed by atoms with E-state index in [9.17, 15) is 0 Å². The number of rotatable bonds is 7. The molecule has 0 bridgehead atoms. The van der Waals surface area contributed by atoms with Gasteiger partial charge in [-0.05, 0) is 24.7 Å².